The van der Waals surface area contributed by atoms with E-state index in [1.165, 1.54) is 13.3 Å². The van der Waals surface area contributed by atoms with Crippen molar-refractivity contribution in [3.8, 4) is 5.69 Å². The van der Waals surface area contributed by atoms with E-state index in [0.29, 0.717) is 17.4 Å². The predicted molar refractivity (Wildman–Crippen MR) is 103 cm³/mol. The van der Waals surface area contributed by atoms with Crippen LogP contribution in [0.15, 0.2) is 35.7 Å². The summed E-state index contributed by atoms with van der Waals surface area (Å²) in [4.78, 5) is 34.7. The Morgan fingerprint density at radius 3 is 2.81 bits per heavy atom. The van der Waals surface area contributed by atoms with Crippen molar-refractivity contribution in [2.75, 3.05) is 17.6 Å². The lowest BCUT2D eigenvalue weighted by Crippen LogP contribution is -2.40. The maximum absolute atomic E-state index is 11.9. The third-order valence-corrected chi connectivity index (χ3v) is 4.31. The second kappa shape index (κ2) is 10.3. The van der Waals surface area contributed by atoms with Crippen molar-refractivity contribution in [3.63, 3.8) is 0 Å². The SMILES string of the molecule is CCCCNC(=O)NC(=O)CSc1nncn1-c1cccc(NC(C)=O)c1. The zero-order valence-electron chi connectivity index (χ0n) is 15.2. The van der Waals surface area contributed by atoms with Crippen LogP contribution in [0.25, 0.3) is 5.69 Å². The fourth-order valence-corrected chi connectivity index (χ4v) is 2.88. The molecule has 2 rings (SSSR count). The number of imide groups is 1. The van der Waals surface area contributed by atoms with Crippen LogP contribution in [0, 0.1) is 0 Å². The second-order valence-corrected chi connectivity index (χ2v) is 6.60. The molecular weight excluding hydrogens is 368 g/mol. The van der Waals surface area contributed by atoms with Gasteiger partial charge < -0.3 is 10.6 Å². The van der Waals surface area contributed by atoms with E-state index in [2.05, 4.69) is 26.1 Å². The quantitative estimate of drug-likeness (QED) is 0.468. The third kappa shape index (κ3) is 6.74. The van der Waals surface area contributed by atoms with Gasteiger partial charge in [0.2, 0.25) is 11.8 Å². The summed E-state index contributed by atoms with van der Waals surface area (Å²) in [5, 5.41) is 16.0. The highest BCUT2D eigenvalue weighted by Crippen LogP contribution is 2.21. The average molecular weight is 390 g/mol. The molecule has 3 N–H and O–H groups in total. The van der Waals surface area contributed by atoms with Crippen LogP contribution >= 0.6 is 11.8 Å². The number of nitrogens with zero attached hydrogens (tertiary/aromatic N) is 3. The highest BCUT2D eigenvalue weighted by atomic mass is 32.2. The number of nitrogens with one attached hydrogen (secondary N) is 3. The van der Waals surface area contributed by atoms with Crippen molar-refractivity contribution in [2.24, 2.45) is 0 Å². The molecule has 0 aliphatic heterocycles. The van der Waals surface area contributed by atoms with Crippen LogP contribution in [-0.2, 0) is 9.59 Å². The van der Waals surface area contributed by atoms with Gasteiger partial charge in [0.05, 0.1) is 11.4 Å². The van der Waals surface area contributed by atoms with E-state index in [1.807, 2.05) is 13.0 Å². The Balaban J connectivity index is 1.94. The minimum absolute atomic E-state index is 0.0191. The number of unbranched alkanes of at least 4 members (excludes halogenated alkanes) is 1. The number of aromatic nitrogens is 3. The fraction of sp³-hybridized carbons (Fsp3) is 0.353. The number of rotatable bonds is 8. The molecule has 0 bridgehead atoms. The van der Waals surface area contributed by atoms with Gasteiger partial charge in [-0.15, -0.1) is 10.2 Å². The maximum Gasteiger partial charge on any atom is 0.321 e. The lowest BCUT2D eigenvalue weighted by molar-refractivity contribution is -0.117. The van der Waals surface area contributed by atoms with Gasteiger partial charge in [-0.3, -0.25) is 19.5 Å². The first kappa shape index (κ1) is 20.4. The summed E-state index contributed by atoms with van der Waals surface area (Å²) < 4.78 is 1.70. The Bertz CT molecular complexity index is 807. The molecule has 9 nitrogen and oxygen atoms in total. The van der Waals surface area contributed by atoms with Crippen molar-refractivity contribution < 1.29 is 14.4 Å². The molecule has 27 heavy (non-hydrogen) atoms. The average Bonchev–Trinajstić information content (AvgIpc) is 3.08. The van der Waals surface area contributed by atoms with Crippen LogP contribution in [0.2, 0.25) is 0 Å². The zero-order chi connectivity index (χ0) is 19.6. The van der Waals surface area contributed by atoms with Gasteiger partial charge in [-0.1, -0.05) is 31.2 Å². The van der Waals surface area contributed by atoms with Crippen molar-refractivity contribution >= 4 is 35.3 Å². The molecule has 10 heteroatoms. The van der Waals surface area contributed by atoms with Crippen LogP contribution in [0.1, 0.15) is 26.7 Å². The number of urea groups is 1. The fourth-order valence-electron chi connectivity index (χ4n) is 2.15. The Hall–Kier alpha value is -2.88. The van der Waals surface area contributed by atoms with Crippen molar-refractivity contribution in [1.29, 1.82) is 0 Å². The minimum Gasteiger partial charge on any atom is -0.338 e. The Morgan fingerprint density at radius 1 is 1.26 bits per heavy atom. The van der Waals surface area contributed by atoms with Crippen molar-refractivity contribution in [2.45, 2.75) is 31.8 Å². The van der Waals surface area contributed by atoms with Crippen LogP contribution in [0.4, 0.5) is 10.5 Å². The largest absolute Gasteiger partial charge is 0.338 e. The lowest BCUT2D eigenvalue weighted by atomic mass is 10.2. The molecule has 0 fully saturated rings. The first-order valence-electron chi connectivity index (χ1n) is 8.48. The van der Waals surface area contributed by atoms with Crippen molar-refractivity contribution in [3.05, 3.63) is 30.6 Å². The zero-order valence-corrected chi connectivity index (χ0v) is 16.0. The molecule has 0 saturated heterocycles. The van der Waals surface area contributed by atoms with E-state index in [-0.39, 0.29) is 11.7 Å². The monoisotopic (exact) mass is 390 g/mol. The topological polar surface area (TPSA) is 118 Å². The standard InChI is InChI=1S/C17H22N6O3S/c1-3-4-8-18-16(26)21-15(25)10-27-17-22-19-11-23(17)14-7-5-6-13(9-14)20-12(2)24/h5-7,9,11H,3-4,8,10H2,1-2H3,(H,20,24)(H2,18,21,25,26). The predicted octanol–water partition coefficient (Wildman–Crippen LogP) is 1.94. The highest BCUT2D eigenvalue weighted by Gasteiger charge is 2.12. The number of hydrogen-bond donors (Lipinski definition) is 3. The second-order valence-electron chi connectivity index (χ2n) is 5.66. The summed E-state index contributed by atoms with van der Waals surface area (Å²) >= 11 is 1.16. The molecule has 1 aromatic heterocycles. The molecule has 1 heterocycles. The molecular formula is C17H22N6O3S. The van der Waals surface area contributed by atoms with E-state index in [9.17, 15) is 14.4 Å². The van der Waals surface area contributed by atoms with E-state index < -0.39 is 11.9 Å². The number of anilines is 1. The normalized spacial score (nSPS) is 10.3. The van der Waals surface area contributed by atoms with Crippen LogP contribution in [0.5, 0.6) is 0 Å². The van der Waals surface area contributed by atoms with E-state index in [1.54, 1.807) is 22.8 Å². The van der Waals surface area contributed by atoms with Crippen LogP contribution in [0.3, 0.4) is 0 Å². The molecule has 0 atom stereocenters. The number of carbonyl (C=O) groups is 3. The van der Waals surface area contributed by atoms with Gasteiger partial charge in [-0.05, 0) is 24.6 Å². The number of benzene rings is 1. The smallest absolute Gasteiger partial charge is 0.321 e. The molecule has 0 aliphatic carbocycles. The first-order valence-corrected chi connectivity index (χ1v) is 9.46. The molecule has 0 aliphatic rings. The number of hydrogen-bond acceptors (Lipinski definition) is 6. The Kier molecular flexibility index (Phi) is 7.80. The summed E-state index contributed by atoms with van der Waals surface area (Å²) in [6.45, 7) is 3.98. The Labute approximate surface area is 161 Å². The van der Waals surface area contributed by atoms with Crippen LogP contribution < -0.4 is 16.0 Å². The summed E-state index contributed by atoms with van der Waals surface area (Å²) in [7, 11) is 0. The molecule has 1 aromatic carbocycles. The molecule has 0 spiro atoms. The maximum atomic E-state index is 11.9. The van der Waals surface area contributed by atoms with Gasteiger partial charge in [-0.2, -0.15) is 0 Å². The van der Waals surface area contributed by atoms with Gasteiger partial charge >= 0.3 is 6.03 Å². The van der Waals surface area contributed by atoms with E-state index >= 15 is 0 Å². The molecule has 4 amide bonds. The van der Waals surface area contributed by atoms with Gasteiger partial charge in [0, 0.05) is 19.2 Å². The number of amides is 4. The minimum atomic E-state index is -0.501. The summed E-state index contributed by atoms with van der Waals surface area (Å²) in [5.74, 6) is -0.569. The molecule has 0 saturated carbocycles. The lowest BCUT2D eigenvalue weighted by Gasteiger charge is -2.09. The number of thioether (sulfide) groups is 1. The molecule has 2 aromatic rings. The first-order chi connectivity index (χ1) is 13.0. The van der Waals surface area contributed by atoms with Gasteiger partial charge in [-0.25, -0.2) is 4.79 Å². The molecule has 144 valence electrons. The van der Waals surface area contributed by atoms with Gasteiger partial charge in [0.1, 0.15) is 6.33 Å². The number of carbonyl (C=O) groups excluding carboxylic acids is 3. The summed E-state index contributed by atoms with van der Waals surface area (Å²) in [6, 6.07) is 6.67. The van der Waals surface area contributed by atoms with Gasteiger partial charge in [0.15, 0.2) is 5.16 Å². The third-order valence-electron chi connectivity index (χ3n) is 3.36. The summed E-state index contributed by atoms with van der Waals surface area (Å²) in [5.41, 5.74) is 1.39. The van der Waals surface area contributed by atoms with Crippen molar-refractivity contribution in [1.82, 2.24) is 25.4 Å². The van der Waals surface area contributed by atoms with Gasteiger partial charge in [0.25, 0.3) is 0 Å². The van der Waals surface area contributed by atoms with E-state index in [0.717, 1.165) is 30.3 Å². The highest BCUT2D eigenvalue weighted by molar-refractivity contribution is 7.99. The molecule has 0 radical (unpaired) electrons. The Morgan fingerprint density at radius 2 is 2.07 bits per heavy atom. The van der Waals surface area contributed by atoms with E-state index in [4.69, 9.17) is 0 Å². The summed E-state index contributed by atoms with van der Waals surface area (Å²) in [6.07, 6.45) is 3.34. The molecule has 0 unspecified atom stereocenters. The van der Waals surface area contributed by atoms with Crippen LogP contribution in [-0.4, -0.2) is 44.9 Å².